The third-order valence-electron chi connectivity index (χ3n) is 2.52. The van der Waals surface area contributed by atoms with Gasteiger partial charge in [0.15, 0.2) is 0 Å². The van der Waals surface area contributed by atoms with E-state index in [0.717, 1.165) is 0 Å². The number of hydrogen-bond donors (Lipinski definition) is 2. The number of rotatable bonds is 7. The maximum absolute atomic E-state index is 11.7. The Morgan fingerprint density at radius 1 is 1.37 bits per heavy atom. The summed E-state index contributed by atoms with van der Waals surface area (Å²) in [5.41, 5.74) is 3.26. The number of nitrogens with one attached hydrogen (secondary N) is 2. The summed E-state index contributed by atoms with van der Waals surface area (Å²) in [4.78, 5) is 34.8. The van der Waals surface area contributed by atoms with Crippen molar-refractivity contribution in [1.29, 1.82) is 0 Å². The zero-order valence-electron chi connectivity index (χ0n) is 11.4. The van der Waals surface area contributed by atoms with Gasteiger partial charge in [0.25, 0.3) is 5.56 Å². The topological polar surface area (TPSA) is 93.3 Å². The molecule has 0 aliphatic carbocycles. The molecule has 1 aromatic rings. The number of hydroxylamine groups is 1. The molecular weight excluding hydrogens is 250 g/mol. The van der Waals surface area contributed by atoms with E-state index in [4.69, 9.17) is 9.57 Å². The SMILES string of the molecule is COCCONC(=O)CCc1c(C)nc(C)[nH]c1=O. The van der Waals surface area contributed by atoms with Crippen molar-refractivity contribution in [3.63, 3.8) is 0 Å². The van der Waals surface area contributed by atoms with Gasteiger partial charge in [-0.1, -0.05) is 0 Å². The van der Waals surface area contributed by atoms with Crippen LogP contribution < -0.4 is 11.0 Å². The van der Waals surface area contributed by atoms with Crippen LogP contribution in [-0.2, 0) is 20.8 Å². The Labute approximate surface area is 111 Å². The molecular formula is C12H19N3O4. The van der Waals surface area contributed by atoms with Crippen molar-refractivity contribution < 1.29 is 14.4 Å². The number of aromatic amines is 1. The van der Waals surface area contributed by atoms with Gasteiger partial charge in [-0.15, -0.1) is 0 Å². The van der Waals surface area contributed by atoms with E-state index in [2.05, 4.69) is 15.4 Å². The van der Waals surface area contributed by atoms with Gasteiger partial charge in [-0.2, -0.15) is 0 Å². The van der Waals surface area contributed by atoms with Gasteiger partial charge in [0.2, 0.25) is 5.91 Å². The number of H-pyrrole nitrogens is 1. The molecule has 0 bridgehead atoms. The summed E-state index contributed by atoms with van der Waals surface area (Å²) in [5, 5.41) is 0. The van der Waals surface area contributed by atoms with Crippen LogP contribution in [0.3, 0.4) is 0 Å². The lowest BCUT2D eigenvalue weighted by Crippen LogP contribution is -2.27. The number of carbonyl (C=O) groups excluding carboxylic acids is 1. The largest absolute Gasteiger partial charge is 0.382 e. The van der Waals surface area contributed by atoms with Crippen LogP contribution in [0.15, 0.2) is 4.79 Å². The van der Waals surface area contributed by atoms with Gasteiger partial charge in [0, 0.05) is 24.8 Å². The molecule has 0 saturated heterocycles. The maximum atomic E-state index is 11.7. The van der Waals surface area contributed by atoms with E-state index in [1.165, 1.54) is 0 Å². The summed E-state index contributed by atoms with van der Waals surface area (Å²) in [5.74, 6) is 0.286. The van der Waals surface area contributed by atoms with Gasteiger partial charge < -0.3 is 9.72 Å². The molecule has 106 valence electrons. The molecule has 19 heavy (non-hydrogen) atoms. The average Bonchev–Trinajstić information content (AvgIpc) is 2.33. The fourth-order valence-corrected chi connectivity index (χ4v) is 1.59. The van der Waals surface area contributed by atoms with Gasteiger partial charge in [0.05, 0.1) is 13.2 Å². The molecule has 0 aliphatic rings. The van der Waals surface area contributed by atoms with Crippen molar-refractivity contribution in [2.24, 2.45) is 0 Å². The molecule has 7 heteroatoms. The second-order valence-electron chi connectivity index (χ2n) is 4.08. The van der Waals surface area contributed by atoms with E-state index in [1.54, 1.807) is 21.0 Å². The Morgan fingerprint density at radius 2 is 2.11 bits per heavy atom. The first kappa shape index (κ1) is 15.3. The summed E-state index contributed by atoms with van der Waals surface area (Å²) < 4.78 is 4.77. The first-order valence-corrected chi connectivity index (χ1v) is 6.00. The Morgan fingerprint density at radius 3 is 2.74 bits per heavy atom. The lowest BCUT2D eigenvalue weighted by molar-refractivity contribution is -0.134. The van der Waals surface area contributed by atoms with Crippen LogP contribution in [0.2, 0.25) is 0 Å². The highest BCUT2D eigenvalue weighted by Gasteiger charge is 2.09. The van der Waals surface area contributed by atoms with E-state index in [9.17, 15) is 9.59 Å². The van der Waals surface area contributed by atoms with Gasteiger partial charge in [-0.25, -0.2) is 10.5 Å². The van der Waals surface area contributed by atoms with E-state index in [-0.39, 0.29) is 24.5 Å². The molecule has 0 fully saturated rings. The fourth-order valence-electron chi connectivity index (χ4n) is 1.59. The zero-order valence-corrected chi connectivity index (χ0v) is 11.4. The van der Waals surface area contributed by atoms with Gasteiger partial charge in [-0.3, -0.25) is 14.4 Å². The van der Waals surface area contributed by atoms with E-state index < -0.39 is 0 Å². The molecule has 1 amide bonds. The van der Waals surface area contributed by atoms with Crippen molar-refractivity contribution in [2.75, 3.05) is 20.3 Å². The predicted octanol–water partition coefficient (Wildman–Crippen LogP) is 0.0135. The highest BCUT2D eigenvalue weighted by molar-refractivity contribution is 5.75. The third kappa shape index (κ3) is 5.19. The standard InChI is InChI=1S/C12H19N3O4/c1-8-10(12(17)14-9(2)13-8)4-5-11(16)15-19-7-6-18-3/h4-7H2,1-3H3,(H,15,16)(H,13,14,17). The molecule has 1 rings (SSSR count). The molecule has 7 nitrogen and oxygen atoms in total. The van der Waals surface area contributed by atoms with Crippen LogP contribution in [-0.4, -0.2) is 36.2 Å². The minimum absolute atomic E-state index is 0.168. The second kappa shape index (κ2) is 7.65. The van der Waals surface area contributed by atoms with Gasteiger partial charge >= 0.3 is 0 Å². The lowest BCUT2D eigenvalue weighted by atomic mass is 10.1. The van der Waals surface area contributed by atoms with E-state index in [0.29, 0.717) is 30.1 Å². The summed E-state index contributed by atoms with van der Waals surface area (Å²) in [6, 6.07) is 0. The molecule has 0 aliphatic heterocycles. The van der Waals surface area contributed by atoms with Crippen LogP contribution in [0.5, 0.6) is 0 Å². The number of carbonyl (C=O) groups is 1. The monoisotopic (exact) mass is 269 g/mol. The van der Waals surface area contributed by atoms with Crippen LogP contribution in [0.25, 0.3) is 0 Å². The molecule has 0 atom stereocenters. The Hall–Kier alpha value is -1.73. The average molecular weight is 269 g/mol. The summed E-state index contributed by atoms with van der Waals surface area (Å²) in [6.07, 6.45) is 0.496. The molecule has 1 heterocycles. The van der Waals surface area contributed by atoms with Crippen molar-refractivity contribution in [2.45, 2.75) is 26.7 Å². The summed E-state index contributed by atoms with van der Waals surface area (Å²) in [7, 11) is 1.55. The number of methoxy groups -OCH3 is 1. The number of aryl methyl sites for hydroxylation is 2. The Kier molecular flexibility index (Phi) is 6.17. The summed E-state index contributed by atoms with van der Waals surface area (Å²) >= 11 is 0. The smallest absolute Gasteiger partial charge is 0.254 e. The first-order chi connectivity index (χ1) is 9.04. The van der Waals surface area contributed by atoms with Crippen molar-refractivity contribution in [3.8, 4) is 0 Å². The maximum Gasteiger partial charge on any atom is 0.254 e. The first-order valence-electron chi connectivity index (χ1n) is 6.00. The van der Waals surface area contributed by atoms with Crippen LogP contribution in [0.1, 0.15) is 23.5 Å². The van der Waals surface area contributed by atoms with E-state index >= 15 is 0 Å². The number of amides is 1. The fraction of sp³-hybridized carbons (Fsp3) is 0.583. The number of nitrogens with zero attached hydrogens (tertiary/aromatic N) is 1. The lowest BCUT2D eigenvalue weighted by Gasteiger charge is -2.06. The normalized spacial score (nSPS) is 10.5. The van der Waals surface area contributed by atoms with Crippen LogP contribution in [0.4, 0.5) is 0 Å². The third-order valence-corrected chi connectivity index (χ3v) is 2.52. The minimum Gasteiger partial charge on any atom is -0.382 e. The number of ether oxygens (including phenoxy) is 1. The van der Waals surface area contributed by atoms with E-state index in [1.807, 2.05) is 0 Å². The Bertz CT molecular complexity index is 484. The van der Waals surface area contributed by atoms with Crippen molar-refractivity contribution in [1.82, 2.24) is 15.4 Å². The highest BCUT2D eigenvalue weighted by Crippen LogP contribution is 2.02. The highest BCUT2D eigenvalue weighted by atomic mass is 16.7. The number of aromatic nitrogens is 2. The molecule has 0 unspecified atom stereocenters. The summed E-state index contributed by atoms with van der Waals surface area (Å²) in [6.45, 7) is 4.16. The molecule has 1 aromatic heterocycles. The van der Waals surface area contributed by atoms with Gasteiger partial charge in [-0.05, 0) is 20.3 Å². The second-order valence-corrected chi connectivity index (χ2v) is 4.08. The van der Waals surface area contributed by atoms with Crippen molar-refractivity contribution in [3.05, 3.63) is 27.4 Å². The molecule has 0 radical (unpaired) electrons. The van der Waals surface area contributed by atoms with Crippen LogP contribution in [0, 0.1) is 13.8 Å². The molecule has 0 aromatic carbocycles. The molecule has 0 spiro atoms. The van der Waals surface area contributed by atoms with Gasteiger partial charge in [0.1, 0.15) is 5.82 Å². The van der Waals surface area contributed by atoms with Crippen LogP contribution >= 0.6 is 0 Å². The zero-order chi connectivity index (χ0) is 14.3. The number of hydrogen-bond acceptors (Lipinski definition) is 5. The molecule has 0 saturated carbocycles. The quantitative estimate of drug-likeness (QED) is 0.537. The van der Waals surface area contributed by atoms with Crippen molar-refractivity contribution >= 4 is 5.91 Å². The minimum atomic E-state index is -0.282. The predicted molar refractivity (Wildman–Crippen MR) is 68.6 cm³/mol. The Balaban J connectivity index is 2.44. The molecule has 2 N–H and O–H groups in total.